The topological polar surface area (TPSA) is 62.9 Å². The van der Waals surface area contributed by atoms with Crippen LogP contribution in [0.15, 0.2) is 24.3 Å². The van der Waals surface area contributed by atoms with Gasteiger partial charge in [0.15, 0.2) is 0 Å². The minimum Gasteiger partial charge on any atom is -0.494 e. The van der Waals surface area contributed by atoms with Crippen molar-refractivity contribution in [1.29, 1.82) is 0 Å². The average molecular weight is 442 g/mol. The third-order valence-electron chi connectivity index (χ3n) is 9.16. The predicted molar refractivity (Wildman–Crippen MR) is 122 cm³/mol. The first kappa shape index (κ1) is 21.4. The zero-order chi connectivity index (χ0) is 21.6. The summed E-state index contributed by atoms with van der Waals surface area (Å²) in [6.45, 7) is 1.54. The Hall–Kier alpha value is -1.14. The number of benzene rings is 1. The lowest BCUT2D eigenvalue weighted by Crippen LogP contribution is -2.59. The second kappa shape index (κ2) is 8.57. The molecule has 0 unspecified atom stereocenters. The maximum Gasteiger partial charge on any atom is 0.210 e. The maximum absolute atomic E-state index is 6.86. The fraction of sp³-hybridized carbons (Fsp3) is 0.778. The Labute approximate surface area is 192 Å². The molecule has 0 aromatic heterocycles. The van der Waals surface area contributed by atoms with Crippen LogP contribution in [-0.4, -0.2) is 24.7 Å². The third kappa shape index (κ3) is 3.79. The fourth-order valence-corrected chi connectivity index (χ4v) is 7.64. The molecule has 0 radical (unpaired) electrons. The molecule has 5 nitrogen and oxygen atoms in total. The van der Waals surface area contributed by atoms with Gasteiger partial charge in [0, 0.05) is 24.7 Å². The zero-order valence-electron chi connectivity index (χ0n) is 19.3. The van der Waals surface area contributed by atoms with Crippen molar-refractivity contribution in [3.63, 3.8) is 0 Å². The molecular weight excluding hydrogens is 402 g/mol. The number of rotatable bonds is 7. The smallest absolute Gasteiger partial charge is 0.210 e. The second-order valence-electron chi connectivity index (χ2n) is 11.2. The van der Waals surface area contributed by atoms with Crippen LogP contribution in [0.4, 0.5) is 0 Å². The average Bonchev–Trinajstić information content (AvgIpc) is 3.18. The standard InChI is InChI=1S/C27H39NO4/c28-12-2-1-3-13-29-25-6-4-21(5-7-25)22-8-10-26(11-9-22)30-27(32-31-26)23-15-19-14-20(17-23)18-24(27)16-19/h4-7,19-20,22-24H,1-3,8-18,28H2. The van der Waals surface area contributed by atoms with E-state index in [4.69, 9.17) is 25.0 Å². The summed E-state index contributed by atoms with van der Waals surface area (Å²) < 4.78 is 12.7. The Morgan fingerprint density at radius 3 is 2.19 bits per heavy atom. The van der Waals surface area contributed by atoms with Crippen molar-refractivity contribution in [3.8, 4) is 5.75 Å². The molecule has 5 heteroatoms. The number of hydrogen-bond donors (Lipinski definition) is 1. The SMILES string of the molecule is NCCCCCOc1ccc(C2CCC3(CC2)OOC2(O3)C3CC4CC(C3)CC2C4)cc1. The van der Waals surface area contributed by atoms with Gasteiger partial charge in [-0.3, -0.25) is 0 Å². The van der Waals surface area contributed by atoms with Crippen LogP contribution < -0.4 is 10.5 Å². The molecule has 2 N–H and O–H groups in total. The van der Waals surface area contributed by atoms with Gasteiger partial charge >= 0.3 is 0 Å². The lowest BCUT2D eigenvalue weighted by molar-refractivity contribution is -0.390. The van der Waals surface area contributed by atoms with Gasteiger partial charge in [0.2, 0.25) is 11.6 Å². The van der Waals surface area contributed by atoms with Crippen LogP contribution in [0.25, 0.3) is 0 Å². The Morgan fingerprint density at radius 2 is 1.53 bits per heavy atom. The molecule has 7 rings (SSSR count). The van der Waals surface area contributed by atoms with Crippen LogP contribution in [0.2, 0.25) is 0 Å². The molecule has 1 heterocycles. The molecule has 5 saturated carbocycles. The molecule has 4 bridgehead atoms. The zero-order valence-corrected chi connectivity index (χ0v) is 19.3. The van der Waals surface area contributed by atoms with Crippen molar-refractivity contribution in [3.05, 3.63) is 29.8 Å². The highest BCUT2D eigenvalue weighted by Gasteiger charge is 2.66. The van der Waals surface area contributed by atoms with E-state index in [1.54, 1.807) is 0 Å². The monoisotopic (exact) mass is 441 g/mol. The molecular formula is C27H39NO4. The van der Waals surface area contributed by atoms with Crippen LogP contribution >= 0.6 is 0 Å². The molecule has 1 saturated heterocycles. The molecule has 6 fully saturated rings. The van der Waals surface area contributed by atoms with Crippen molar-refractivity contribution in [2.24, 2.45) is 29.4 Å². The first-order valence-corrected chi connectivity index (χ1v) is 13.2. The van der Waals surface area contributed by atoms with Gasteiger partial charge in [-0.1, -0.05) is 12.1 Å². The van der Waals surface area contributed by atoms with Gasteiger partial charge in [-0.25, -0.2) is 0 Å². The summed E-state index contributed by atoms with van der Waals surface area (Å²) in [5.41, 5.74) is 6.95. The summed E-state index contributed by atoms with van der Waals surface area (Å²) in [5, 5.41) is 0. The Bertz CT molecular complexity index is 757. The number of hydrogen-bond acceptors (Lipinski definition) is 5. The highest BCUT2D eigenvalue weighted by molar-refractivity contribution is 5.30. The quantitative estimate of drug-likeness (QED) is 0.436. The van der Waals surface area contributed by atoms with E-state index in [0.29, 0.717) is 17.8 Å². The first-order chi connectivity index (χ1) is 15.7. The van der Waals surface area contributed by atoms with Gasteiger partial charge in [0.1, 0.15) is 5.75 Å². The minimum atomic E-state index is -0.515. The van der Waals surface area contributed by atoms with Crippen molar-refractivity contribution >= 4 is 0 Å². The van der Waals surface area contributed by atoms with E-state index in [1.807, 2.05) is 0 Å². The number of ether oxygens (including phenoxy) is 2. The molecule has 32 heavy (non-hydrogen) atoms. The third-order valence-corrected chi connectivity index (χ3v) is 9.16. The minimum absolute atomic E-state index is 0.441. The number of nitrogens with two attached hydrogens (primary N) is 1. The Kier molecular flexibility index (Phi) is 5.73. The summed E-state index contributed by atoms with van der Waals surface area (Å²) in [6, 6.07) is 8.73. The van der Waals surface area contributed by atoms with E-state index in [1.165, 1.54) is 37.7 Å². The summed E-state index contributed by atoms with van der Waals surface area (Å²) in [5.74, 6) is 3.45. The van der Waals surface area contributed by atoms with E-state index in [-0.39, 0.29) is 0 Å². The lowest BCUT2D eigenvalue weighted by Gasteiger charge is -2.57. The largest absolute Gasteiger partial charge is 0.494 e. The van der Waals surface area contributed by atoms with E-state index in [0.717, 1.165) is 75.7 Å². The van der Waals surface area contributed by atoms with Gasteiger partial charge < -0.3 is 15.2 Å². The summed E-state index contributed by atoms with van der Waals surface area (Å²) in [7, 11) is 0. The molecule has 5 aliphatic carbocycles. The van der Waals surface area contributed by atoms with Crippen LogP contribution in [0.3, 0.4) is 0 Å². The molecule has 176 valence electrons. The maximum atomic E-state index is 6.86. The van der Waals surface area contributed by atoms with Crippen molar-refractivity contribution < 1.29 is 19.2 Å². The molecule has 0 atom stereocenters. The summed E-state index contributed by atoms with van der Waals surface area (Å²) in [4.78, 5) is 12.3. The molecule has 1 aromatic carbocycles. The number of unbranched alkanes of at least 4 members (excludes halogenated alkanes) is 2. The van der Waals surface area contributed by atoms with Gasteiger partial charge in [0.25, 0.3) is 0 Å². The molecule has 6 aliphatic rings. The normalized spacial score (nSPS) is 42.2. The Morgan fingerprint density at radius 1 is 0.844 bits per heavy atom. The predicted octanol–water partition coefficient (Wildman–Crippen LogP) is 5.68. The van der Waals surface area contributed by atoms with Gasteiger partial charge in [0.05, 0.1) is 6.61 Å². The molecule has 1 aromatic rings. The van der Waals surface area contributed by atoms with E-state index >= 15 is 0 Å². The highest BCUT2D eigenvalue weighted by Crippen LogP contribution is 2.64. The van der Waals surface area contributed by atoms with Gasteiger partial charge in [-0.2, -0.15) is 9.78 Å². The summed E-state index contributed by atoms with van der Waals surface area (Å²) >= 11 is 0. The second-order valence-corrected chi connectivity index (χ2v) is 11.2. The molecule has 1 aliphatic heterocycles. The van der Waals surface area contributed by atoms with Gasteiger partial charge in [-0.05, 0) is 106 Å². The van der Waals surface area contributed by atoms with Crippen molar-refractivity contribution in [1.82, 2.24) is 0 Å². The van der Waals surface area contributed by atoms with Crippen LogP contribution in [0.1, 0.15) is 88.5 Å². The van der Waals surface area contributed by atoms with Crippen molar-refractivity contribution in [2.75, 3.05) is 13.2 Å². The fourth-order valence-electron chi connectivity index (χ4n) is 7.64. The van der Waals surface area contributed by atoms with E-state index < -0.39 is 11.6 Å². The highest BCUT2D eigenvalue weighted by atomic mass is 17.3. The Balaban J connectivity index is 1.03. The molecule has 0 amide bonds. The van der Waals surface area contributed by atoms with E-state index in [2.05, 4.69) is 24.3 Å². The van der Waals surface area contributed by atoms with Crippen LogP contribution in [-0.2, 0) is 14.5 Å². The van der Waals surface area contributed by atoms with Crippen LogP contribution in [0, 0.1) is 23.7 Å². The first-order valence-electron chi connectivity index (χ1n) is 13.2. The van der Waals surface area contributed by atoms with Gasteiger partial charge in [-0.15, -0.1) is 0 Å². The molecule has 2 spiro atoms. The van der Waals surface area contributed by atoms with Crippen molar-refractivity contribution in [2.45, 2.75) is 94.5 Å². The van der Waals surface area contributed by atoms with E-state index in [9.17, 15) is 0 Å². The lowest BCUT2D eigenvalue weighted by atomic mass is 9.53. The summed E-state index contributed by atoms with van der Waals surface area (Å²) in [6.07, 6.45) is 13.8. The van der Waals surface area contributed by atoms with Crippen LogP contribution in [0.5, 0.6) is 5.75 Å².